The van der Waals surface area contributed by atoms with Gasteiger partial charge in [-0.05, 0) is 13.8 Å². The summed E-state index contributed by atoms with van der Waals surface area (Å²) >= 11 is 0. The van der Waals surface area contributed by atoms with Gasteiger partial charge in [0.2, 0.25) is 0 Å². The molecule has 1 heterocycles. The van der Waals surface area contributed by atoms with Gasteiger partial charge in [-0.1, -0.05) is 5.16 Å². The Bertz CT molecular complexity index is 411. The van der Waals surface area contributed by atoms with Crippen molar-refractivity contribution < 1.29 is 12.9 Å². The summed E-state index contributed by atoms with van der Waals surface area (Å²) in [5.74, 6) is 0.841. The lowest BCUT2D eigenvalue weighted by atomic mass is 10.3. The highest BCUT2D eigenvalue weighted by Crippen LogP contribution is 2.02. The van der Waals surface area contributed by atoms with E-state index < -0.39 is 9.84 Å². The number of rotatable bonds is 5. The smallest absolute Gasteiger partial charge is 0.150 e. The molecule has 0 radical (unpaired) electrons. The Hall–Kier alpha value is -0.880. The number of hydrogen-bond acceptors (Lipinski definition) is 5. The van der Waals surface area contributed by atoms with Gasteiger partial charge >= 0.3 is 0 Å². The van der Waals surface area contributed by atoms with Crippen LogP contribution in [-0.2, 0) is 16.4 Å². The van der Waals surface area contributed by atoms with Gasteiger partial charge in [-0.3, -0.25) is 0 Å². The van der Waals surface area contributed by atoms with Crippen molar-refractivity contribution in [3.05, 3.63) is 17.5 Å². The van der Waals surface area contributed by atoms with Gasteiger partial charge in [-0.15, -0.1) is 0 Å². The third-order valence-corrected chi connectivity index (χ3v) is 2.96. The molecule has 6 heteroatoms. The zero-order valence-electron chi connectivity index (χ0n) is 9.15. The van der Waals surface area contributed by atoms with Crippen molar-refractivity contribution in [3.63, 3.8) is 0 Å². The monoisotopic (exact) mass is 232 g/mol. The lowest BCUT2D eigenvalue weighted by molar-refractivity contribution is 0.364. The molecular formula is C9H16N2O3S. The Morgan fingerprint density at radius 2 is 2.27 bits per heavy atom. The molecule has 1 unspecified atom stereocenters. The first-order valence-electron chi connectivity index (χ1n) is 4.70. The number of sulfone groups is 1. The van der Waals surface area contributed by atoms with Gasteiger partial charge in [-0.25, -0.2) is 8.42 Å². The van der Waals surface area contributed by atoms with Gasteiger partial charge in [0.1, 0.15) is 9.84 Å². The third kappa shape index (κ3) is 4.94. The van der Waals surface area contributed by atoms with E-state index in [4.69, 9.17) is 4.52 Å². The van der Waals surface area contributed by atoms with Crippen molar-refractivity contribution in [2.75, 3.05) is 12.0 Å². The molecule has 1 aromatic heterocycles. The SMILES string of the molecule is Cc1cc(CNC(C)CS(C)(=O)=O)on1. The van der Waals surface area contributed by atoms with Crippen molar-refractivity contribution in [3.8, 4) is 0 Å². The fourth-order valence-corrected chi connectivity index (χ4v) is 2.31. The fourth-order valence-electron chi connectivity index (χ4n) is 1.29. The molecule has 0 saturated carbocycles. The molecule has 1 N–H and O–H groups in total. The standard InChI is InChI=1S/C9H16N2O3S/c1-7-4-9(14-11-7)5-10-8(2)6-15(3,12)13/h4,8,10H,5-6H2,1-3H3. The van der Waals surface area contributed by atoms with Crippen molar-refractivity contribution in [1.82, 2.24) is 10.5 Å². The molecule has 0 aliphatic heterocycles. The third-order valence-electron chi connectivity index (χ3n) is 1.85. The van der Waals surface area contributed by atoms with Crippen molar-refractivity contribution in [2.24, 2.45) is 0 Å². The minimum absolute atomic E-state index is 0.0922. The topological polar surface area (TPSA) is 72.2 Å². The summed E-state index contributed by atoms with van der Waals surface area (Å²) in [6.07, 6.45) is 1.23. The van der Waals surface area contributed by atoms with Gasteiger partial charge in [0, 0.05) is 18.4 Å². The average Bonchev–Trinajstić information content (AvgIpc) is 2.45. The van der Waals surface area contributed by atoms with Crippen molar-refractivity contribution in [2.45, 2.75) is 26.4 Å². The van der Waals surface area contributed by atoms with E-state index in [0.717, 1.165) is 5.69 Å². The van der Waals surface area contributed by atoms with Crippen LogP contribution in [0.5, 0.6) is 0 Å². The highest BCUT2D eigenvalue weighted by Gasteiger charge is 2.10. The molecule has 0 spiro atoms. The van der Waals surface area contributed by atoms with E-state index in [0.29, 0.717) is 12.3 Å². The fraction of sp³-hybridized carbons (Fsp3) is 0.667. The normalized spacial score (nSPS) is 14.1. The van der Waals surface area contributed by atoms with Gasteiger partial charge in [0.15, 0.2) is 5.76 Å². The Kier molecular flexibility index (Phi) is 3.87. The van der Waals surface area contributed by atoms with Crippen LogP contribution in [0, 0.1) is 6.92 Å². The molecule has 1 rings (SSSR count). The lowest BCUT2D eigenvalue weighted by Crippen LogP contribution is -2.32. The summed E-state index contributed by atoms with van der Waals surface area (Å²) < 4.78 is 26.9. The summed E-state index contributed by atoms with van der Waals surface area (Å²) in [7, 11) is -2.93. The minimum Gasteiger partial charge on any atom is -0.360 e. The van der Waals surface area contributed by atoms with Gasteiger partial charge in [0.25, 0.3) is 0 Å². The number of aromatic nitrogens is 1. The summed E-state index contributed by atoms with van der Waals surface area (Å²) in [6, 6.07) is 1.73. The first-order valence-corrected chi connectivity index (χ1v) is 6.76. The first kappa shape index (κ1) is 12.2. The maximum atomic E-state index is 11.0. The van der Waals surface area contributed by atoms with E-state index in [9.17, 15) is 8.42 Å². The highest BCUT2D eigenvalue weighted by molar-refractivity contribution is 7.90. The Balaban J connectivity index is 2.37. The van der Waals surface area contributed by atoms with E-state index in [1.807, 2.05) is 19.9 Å². The van der Waals surface area contributed by atoms with Crippen LogP contribution in [-0.4, -0.2) is 31.6 Å². The molecular weight excluding hydrogens is 216 g/mol. The molecule has 0 fully saturated rings. The van der Waals surface area contributed by atoms with Crippen LogP contribution in [0.1, 0.15) is 18.4 Å². The van der Waals surface area contributed by atoms with E-state index in [1.165, 1.54) is 6.26 Å². The zero-order valence-corrected chi connectivity index (χ0v) is 9.97. The van der Waals surface area contributed by atoms with E-state index in [1.54, 1.807) is 0 Å². The molecule has 0 bridgehead atoms. The van der Waals surface area contributed by atoms with Crippen LogP contribution in [0.25, 0.3) is 0 Å². The molecule has 0 amide bonds. The summed E-state index contributed by atoms with van der Waals surface area (Å²) in [4.78, 5) is 0. The van der Waals surface area contributed by atoms with Gasteiger partial charge in [-0.2, -0.15) is 0 Å². The number of nitrogens with one attached hydrogen (secondary N) is 1. The molecule has 1 aromatic rings. The Morgan fingerprint density at radius 1 is 1.60 bits per heavy atom. The van der Waals surface area contributed by atoms with E-state index in [2.05, 4.69) is 10.5 Å². The van der Waals surface area contributed by atoms with Gasteiger partial charge < -0.3 is 9.84 Å². The largest absolute Gasteiger partial charge is 0.360 e. The lowest BCUT2D eigenvalue weighted by Gasteiger charge is -2.10. The maximum absolute atomic E-state index is 11.0. The molecule has 0 aromatic carbocycles. The Labute approximate surface area is 89.8 Å². The van der Waals surface area contributed by atoms with Crippen LogP contribution in [0.4, 0.5) is 0 Å². The molecule has 0 aliphatic carbocycles. The quantitative estimate of drug-likeness (QED) is 0.800. The summed E-state index contributed by atoms with van der Waals surface area (Å²) in [6.45, 7) is 4.16. The molecule has 15 heavy (non-hydrogen) atoms. The van der Waals surface area contributed by atoms with E-state index in [-0.39, 0.29) is 11.8 Å². The Morgan fingerprint density at radius 3 is 2.73 bits per heavy atom. The summed E-state index contributed by atoms with van der Waals surface area (Å²) in [5, 5.41) is 6.79. The highest BCUT2D eigenvalue weighted by atomic mass is 32.2. The second-order valence-corrected chi connectivity index (χ2v) is 5.99. The van der Waals surface area contributed by atoms with Crippen molar-refractivity contribution >= 4 is 9.84 Å². The van der Waals surface area contributed by atoms with Crippen LogP contribution in [0.2, 0.25) is 0 Å². The number of nitrogens with zero attached hydrogens (tertiary/aromatic N) is 1. The maximum Gasteiger partial charge on any atom is 0.150 e. The predicted molar refractivity (Wildman–Crippen MR) is 57.3 cm³/mol. The second kappa shape index (κ2) is 4.76. The predicted octanol–water partition coefficient (Wildman–Crippen LogP) is 0.506. The molecule has 86 valence electrons. The minimum atomic E-state index is -2.93. The van der Waals surface area contributed by atoms with Crippen LogP contribution in [0.15, 0.2) is 10.6 Å². The zero-order chi connectivity index (χ0) is 11.5. The number of hydrogen-bond donors (Lipinski definition) is 1. The average molecular weight is 232 g/mol. The van der Waals surface area contributed by atoms with E-state index >= 15 is 0 Å². The number of aryl methyl sites for hydroxylation is 1. The second-order valence-electron chi connectivity index (χ2n) is 3.81. The van der Waals surface area contributed by atoms with Crippen LogP contribution >= 0.6 is 0 Å². The summed E-state index contributed by atoms with van der Waals surface area (Å²) in [5.41, 5.74) is 0.822. The van der Waals surface area contributed by atoms with Gasteiger partial charge in [0.05, 0.1) is 18.0 Å². The molecule has 5 nitrogen and oxygen atoms in total. The van der Waals surface area contributed by atoms with Crippen molar-refractivity contribution in [1.29, 1.82) is 0 Å². The van der Waals surface area contributed by atoms with Crippen LogP contribution < -0.4 is 5.32 Å². The molecule has 0 saturated heterocycles. The first-order chi connectivity index (χ1) is 6.87. The van der Waals surface area contributed by atoms with Crippen LogP contribution in [0.3, 0.4) is 0 Å². The molecule has 0 aliphatic rings. The molecule has 1 atom stereocenters.